The summed E-state index contributed by atoms with van der Waals surface area (Å²) in [4.78, 5) is 23.9. The molecule has 0 fully saturated rings. The zero-order chi connectivity index (χ0) is 14.6. The van der Waals surface area contributed by atoms with Gasteiger partial charge in [0.05, 0.1) is 21.1 Å². The number of rotatable bonds is 4. The molecule has 7 heteroatoms. The molecular weight excluding hydrogens is 336 g/mol. The van der Waals surface area contributed by atoms with Crippen molar-refractivity contribution in [1.29, 1.82) is 0 Å². The van der Waals surface area contributed by atoms with Gasteiger partial charge in [-0.15, -0.1) is 0 Å². The maximum Gasteiger partial charge on any atom is 0.321 e. The van der Waals surface area contributed by atoms with Crippen LogP contribution in [0.15, 0.2) is 22.7 Å². The summed E-state index contributed by atoms with van der Waals surface area (Å²) in [5.41, 5.74) is 0.535. The molecule has 5 nitrogen and oxygen atoms in total. The van der Waals surface area contributed by atoms with Crippen LogP contribution in [0.4, 0.5) is 10.5 Å². The molecule has 0 aliphatic heterocycles. The van der Waals surface area contributed by atoms with E-state index in [9.17, 15) is 9.59 Å². The number of carbonyl (C=O) groups excluding carboxylic acids is 1. The molecule has 0 aliphatic rings. The van der Waals surface area contributed by atoms with Gasteiger partial charge in [-0.3, -0.25) is 4.79 Å². The van der Waals surface area contributed by atoms with E-state index in [1.165, 1.54) is 11.9 Å². The predicted molar refractivity (Wildman–Crippen MR) is 77.6 cm³/mol. The Labute approximate surface area is 124 Å². The number of halogens is 2. The number of hydrogen-bond donors (Lipinski definition) is 2. The average molecular weight is 350 g/mol. The molecule has 0 saturated heterocycles. The highest BCUT2D eigenvalue weighted by Gasteiger charge is 2.18. The van der Waals surface area contributed by atoms with Gasteiger partial charge in [0.2, 0.25) is 0 Å². The first kappa shape index (κ1) is 15.8. The van der Waals surface area contributed by atoms with E-state index in [4.69, 9.17) is 16.7 Å². The predicted octanol–water partition coefficient (Wildman–Crippen LogP) is 3.29. The zero-order valence-corrected chi connectivity index (χ0v) is 12.8. The zero-order valence-electron chi connectivity index (χ0n) is 10.5. The summed E-state index contributed by atoms with van der Waals surface area (Å²) in [6.07, 6.45) is 0. The summed E-state index contributed by atoms with van der Waals surface area (Å²) in [6, 6.07) is 4.71. The lowest BCUT2D eigenvalue weighted by Crippen LogP contribution is -2.36. The minimum absolute atomic E-state index is 0.124. The standard InChI is InChI=1S/C12H14BrClN2O3/c1-7(11(17)18)6-16(2)12(19)15-9-5-3-4-8(14)10(9)13/h3-5,7H,6H2,1-2H3,(H,15,19)(H,17,18). The molecule has 0 aromatic heterocycles. The number of carbonyl (C=O) groups is 2. The van der Waals surface area contributed by atoms with Crippen LogP contribution in [0, 0.1) is 5.92 Å². The van der Waals surface area contributed by atoms with E-state index in [0.717, 1.165) is 0 Å². The van der Waals surface area contributed by atoms with Gasteiger partial charge in [-0.1, -0.05) is 24.6 Å². The first-order valence-corrected chi connectivity index (χ1v) is 6.69. The Kier molecular flexibility index (Phi) is 5.62. The molecule has 1 atom stereocenters. The molecule has 0 saturated carbocycles. The summed E-state index contributed by atoms with van der Waals surface area (Å²) in [5.74, 6) is -1.57. The van der Waals surface area contributed by atoms with Crippen LogP contribution < -0.4 is 5.32 Å². The van der Waals surface area contributed by atoms with Crippen molar-refractivity contribution in [2.24, 2.45) is 5.92 Å². The van der Waals surface area contributed by atoms with Gasteiger partial charge in [0.25, 0.3) is 0 Å². The molecule has 0 radical (unpaired) electrons. The summed E-state index contributed by atoms with van der Waals surface area (Å²) in [7, 11) is 1.53. The average Bonchev–Trinajstić information content (AvgIpc) is 2.34. The fourth-order valence-corrected chi connectivity index (χ4v) is 1.92. The largest absolute Gasteiger partial charge is 0.481 e. The fraction of sp³-hybridized carbons (Fsp3) is 0.333. The Balaban J connectivity index is 2.69. The molecule has 1 unspecified atom stereocenters. The van der Waals surface area contributed by atoms with Gasteiger partial charge in [-0.25, -0.2) is 4.79 Å². The molecule has 1 aromatic carbocycles. The number of anilines is 1. The molecule has 0 spiro atoms. The van der Waals surface area contributed by atoms with Crippen molar-refractivity contribution in [2.75, 3.05) is 18.9 Å². The molecule has 104 valence electrons. The lowest BCUT2D eigenvalue weighted by Gasteiger charge is -2.20. The van der Waals surface area contributed by atoms with Gasteiger partial charge in [-0.05, 0) is 28.1 Å². The van der Waals surface area contributed by atoms with Crippen LogP contribution in [-0.2, 0) is 4.79 Å². The summed E-state index contributed by atoms with van der Waals surface area (Å²) in [6.45, 7) is 1.67. The van der Waals surface area contributed by atoms with Crippen LogP contribution >= 0.6 is 27.5 Å². The van der Waals surface area contributed by atoms with Crippen molar-refractivity contribution in [1.82, 2.24) is 4.90 Å². The van der Waals surface area contributed by atoms with Gasteiger partial charge in [0, 0.05) is 13.6 Å². The Bertz CT molecular complexity index is 496. The number of carboxylic acids is 1. The van der Waals surface area contributed by atoms with Gasteiger partial charge in [0.15, 0.2) is 0 Å². The van der Waals surface area contributed by atoms with Crippen molar-refractivity contribution in [2.45, 2.75) is 6.92 Å². The topological polar surface area (TPSA) is 69.6 Å². The number of aliphatic carboxylic acids is 1. The van der Waals surface area contributed by atoms with Crippen molar-refractivity contribution in [3.05, 3.63) is 27.7 Å². The Morgan fingerprint density at radius 2 is 2.16 bits per heavy atom. The molecule has 2 N–H and O–H groups in total. The van der Waals surface area contributed by atoms with E-state index >= 15 is 0 Å². The first-order chi connectivity index (χ1) is 8.82. The number of carboxylic acid groups (broad SMARTS) is 1. The van der Waals surface area contributed by atoms with Gasteiger partial charge < -0.3 is 15.3 Å². The fourth-order valence-electron chi connectivity index (χ4n) is 1.38. The van der Waals surface area contributed by atoms with Gasteiger partial charge >= 0.3 is 12.0 Å². The van der Waals surface area contributed by atoms with Crippen molar-refractivity contribution < 1.29 is 14.7 Å². The molecule has 0 heterocycles. The van der Waals surface area contributed by atoms with Crippen LogP contribution in [0.1, 0.15) is 6.92 Å². The number of amides is 2. The monoisotopic (exact) mass is 348 g/mol. The Morgan fingerprint density at radius 3 is 2.74 bits per heavy atom. The molecule has 0 bridgehead atoms. The smallest absolute Gasteiger partial charge is 0.321 e. The third kappa shape index (κ3) is 4.40. The normalized spacial score (nSPS) is 11.8. The second-order valence-corrected chi connectivity index (χ2v) is 5.35. The Morgan fingerprint density at radius 1 is 1.53 bits per heavy atom. The lowest BCUT2D eigenvalue weighted by atomic mass is 10.2. The molecule has 0 aliphatic carbocycles. The van der Waals surface area contributed by atoms with Crippen LogP contribution in [0.5, 0.6) is 0 Å². The number of urea groups is 1. The third-order valence-corrected chi connectivity index (χ3v) is 3.91. The summed E-state index contributed by atoms with van der Waals surface area (Å²) >= 11 is 9.19. The van der Waals surface area contributed by atoms with E-state index in [1.54, 1.807) is 25.1 Å². The molecule has 19 heavy (non-hydrogen) atoms. The number of nitrogens with zero attached hydrogens (tertiary/aromatic N) is 1. The second kappa shape index (κ2) is 6.77. The Hall–Kier alpha value is -1.27. The molecule has 2 amide bonds. The van der Waals surface area contributed by atoms with E-state index in [2.05, 4.69) is 21.2 Å². The van der Waals surface area contributed by atoms with Crippen molar-refractivity contribution >= 4 is 45.2 Å². The van der Waals surface area contributed by atoms with Crippen LogP contribution in [-0.4, -0.2) is 35.6 Å². The minimum atomic E-state index is -0.941. The third-order valence-electron chi connectivity index (χ3n) is 2.51. The second-order valence-electron chi connectivity index (χ2n) is 4.15. The van der Waals surface area contributed by atoms with Gasteiger partial charge in [0.1, 0.15) is 0 Å². The minimum Gasteiger partial charge on any atom is -0.481 e. The highest BCUT2D eigenvalue weighted by Crippen LogP contribution is 2.30. The molecule has 1 rings (SSSR count). The highest BCUT2D eigenvalue weighted by atomic mass is 79.9. The number of nitrogens with one attached hydrogen (secondary N) is 1. The van der Waals surface area contributed by atoms with E-state index in [-0.39, 0.29) is 6.54 Å². The van der Waals surface area contributed by atoms with Gasteiger partial charge in [-0.2, -0.15) is 0 Å². The highest BCUT2D eigenvalue weighted by molar-refractivity contribution is 9.10. The van der Waals surface area contributed by atoms with Crippen LogP contribution in [0.3, 0.4) is 0 Å². The maximum absolute atomic E-state index is 11.9. The van der Waals surface area contributed by atoms with E-state index in [1.807, 2.05) is 0 Å². The number of hydrogen-bond acceptors (Lipinski definition) is 2. The summed E-state index contributed by atoms with van der Waals surface area (Å²) in [5, 5.41) is 11.9. The van der Waals surface area contributed by atoms with E-state index in [0.29, 0.717) is 15.2 Å². The SMILES string of the molecule is CC(CN(C)C(=O)Nc1cccc(Cl)c1Br)C(=O)O. The van der Waals surface area contributed by atoms with Crippen LogP contribution in [0.2, 0.25) is 5.02 Å². The molecule has 1 aromatic rings. The van der Waals surface area contributed by atoms with Crippen molar-refractivity contribution in [3.63, 3.8) is 0 Å². The van der Waals surface area contributed by atoms with Crippen LogP contribution in [0.25, 0.3) is 0 Å². The van der Waals surface area contributed by atoms with Crippen molar-refractivity contribution in [3.8, 4) is 0 Å². The van der Waals surface area contributed by atoms with E-state index < -0.39 is 17.9 Å². The summed E-state index contributed by atoms with van der Waals surface area (Å²) < 4.78 is 0.588. The lowest BCUT2D eigenvalue weighted by molar-refractivity contribution is -0.141. The maximum atomic E-state index is 11.9. The molecular formula is C12H14BrClN2O3. The first-order valence-electron chi connectivity index (χ1n) is 5.52. The quantitative estimate of drug-likeness (QED) is 0.876. The number of benzene rings is 1.